The van der Waals surface area contributed by atoms with Gasteiger partial charge in [-0.2, -0.15) is 0 Å². The maximum Gasteiger partial charge on any atom is 0.120 e. The van der Waals surface area contributed by atoms with E-state index in [9.17, 15) is 0 Å². The van der Waals surface area contributed by atoms with Crippen LogP contribution in [-0.4, -0.2) is 16.0 Å². The van der Waals surface area contributed by atoms with Crippen molar-refractivity contribution in [2.75, 3.05) is 0 Å². The molecule has 0 saturated heterocycles. The van der Waals surface area contributed by atoms with Crippen molar-refractivity contribution in [3.05, 3.63) is 30.9 Å². The van der Waals surface area contributed by atoms with Gasteiger partial charge in [0.1, 0.15) is 5.82 Å². The van der Waals surface area contributed by atoms with Crippen molar-refractivity contribution < 1.29 is 0 Å². The van der Waals surface area contributed by atoms with Crippen LogP contribution in [0.3, 0.4) is 0 Å². The van der Waals surface area contributed by atoms with Crippen molar-refractivity contribution in [2.45, 2.75) is 32.4 Å². The lowest BCUT2D eigenvalue weighted by molar-refractivity contribution is 0.510. The van der Waals surface area contributed by atoms with Gasteiger partial charge in [-0.1, -0.05) is 6.08 Å². The number of nitrogens with one attached hydrogen (secondary N) is 2. The molecule has 0 fully saturated rings. The minimum Gasteiger partial charge on any atom is -0.348 e. The van der Waals surface area contributed by atoms with Crippen LogP contribution >= 0.6 is 0 Å². The van der Waals surface area contributed by atoms with Crippen LogP contribution in [0, 0.1) is 0 Å². The molecule has 1 heterocycles. The first-order chi connectivity index (χ1) is 6.33. The van der Waals surface area contributed by atoms with Crippen molar-refractivity contribution in [1.82, 2.24) is 15.3 Å². The van der Waals surface area contributed by atoms with Crippen molar-refractivity contribution in [3.63, 3.8) is 0 Å². The lowest BCUT2D eigenvalue weighted by Crippen LogP contribution is -2.25. The fraction of sp³-hybridized carbons (Fsp3) is 0.500. The number of hydrogen-bond donors (Lipinski definition) is 2. The van der Waals surface area contributed by atoms with Gasteiger partial charge in [-0.25, -0.2) is 4.98 Å². The molecule has 3 nitrogen and oxygen atoms in total. The first-order valence-electron chi connectivity index (χ1n) is 4.65. The lowest BCUT2D eigenvalue weighted by Gasteiger charge is -2.10. The summed E-state index contributed by atoms with van der Waals surface area (Å²) in [4.78, 5) is 7.19. The summed E-state index contributed by atoms with van der Waals surface area (Å²) in [6.07, 6.45) is 7.75. The second-order valence-corrected chi connectivity index (χ2v) is 3.18. The van der Waals surface area contributed by atoms with Crippen LogP contribution in [0.2, 0.25) is 0 Å². The van der Waals surface area contributed by atoms with Crippen molar-refractivity contribution in [3.8, 4) is 0 Å². The van der Waals surface area contributed by atoms with Gasteiger partial charge >= 0.3 is 0 Å². The Balaban J connectivity index is 2.15. The van der Waals surface area contributed by atoms with Gasteiger partial charge in [0.25, 0.3) is 0 Å². The Morgan fingerprint density at radius 2 is 2.62 bits per heavy atom. The summed E-state index contributed by atoms with van der Waals surface area (Å²) in [6.45, 7) is 6.68. The lowest BCUT2D eigenvalue weighted by atomic mass is 10.2. The van der Waals surface area contributed by atoms with E-state index in [-0.39, 0.29) is 0 Å². The van der Waals surface area contributed by atoms with Crippen molar-refractivity contribution in [2.24, 2.45) is 0 Å². The van der Waals surface area contributed by atoms with Gasteiger partial charge in [0.2, 0.25) is 0 Å². The molecule has 1 rings (SSSR count). The van der Waals surface area contributed by atoms with E-state index in [0.29, 0.717) is 6.04 Å². The number of allylic oxidation sites excluding steroid dienone is 1. The van der Waals surface area contributed by atoms with Crippen molar-refractivity contribution >= 4 is 0 Å². The Kier molecular flexibility index (Phi) is 4.26. The summed E-state index contributed by atoms with van der Waals surface area (Å²) in [5.74, 6) is 0.991. The molecule has 72 valence electrons. The molecule has 0 aliphatic carbocycles. The first kappa shape index (κ1) is 9.99. The van der Waals surface area contributed by atoms with Gasteiger partial charge in [-0.3, -0.25) is 0 Å². The molecule has 2 N–H and O–H groups in total. The fourth-order valence-electron chi connectivity index (χ4n) is 1.14. The first-order valence-corrected chi connectivity index (χ1v) is 4.65. The zero-order valence-corrected chi connectivity index (χ0v) is 8.09. The summed E-state index contributed by atoms with van der Waals surface area (Å²) in [6, 6.07) is 0.517. The Hall–Kier alpha value is -1.09. The highest BCUT2D eigenvalue weighted by molar-refractivity contribution is 4.86. The third-order valence-electron chi connectivity index (χ3n) is 1.98. The van der Waals surface area contributed by atoms with Gasteiger partial charge in [0.05, 0.1) is 6.54 Å². The second kappa shape index (κ2) is 5.54. The Morgan fingerprint density at radius 1 is 1.77 bits per heavy atom. The summed E-state index contributed by atoms with van der Waals surface area (Å²) in [5.41, 5.74) is 0. The molecule has 0 amide bonds. The molecule has 1 aromatic rings. The molecule has 0 radical (unpaired) electrons. The largest absolute Gasteiger partial charge is 0.348 e. The number of H-pyrrole nitrogens is 1. The molecule has 0 saturated carbocycles. The van der Waals surface area contributed by atoms with E-state index in [2.05, 4.69) is 28.8 Å². The molecule has 0 aliphatic heterocycles. The van der Waals surface area contributed by atoms with Gasteiger partial charge in [-0.15, -0.1) is 6.58 Å². The average molecular weight is 179 g/mol. The zero-order chi connectivity index (χ0) is 9.52. The molecule has 1 atom stereocenters. The monoisotopic (exact) mass is 179 g/mol. The number of nitrogens with zero attached hydrogens (tertiary/aromatic N) is 1. The summed E-state index contributed by atoms with van der Waals surface area (Å²) in [5, 5.41) is 3.38. The van der Waals surface area contributed by atoms with E-state index in [1.54, 1.807) is 6.20 Å². The third-order valence-corrected chi connectivity index (χ3v) is 1.98. The van der Waals surface area contributed by atoms with Gasteiger partial charge < -0.3 is 10.3 Å². The van der Waals surface area contributed by atoms with Crippen LogP contribution in [0.15, 0.2) is 25.0 Å². The van der Waals surface area contributed by atoms with E-state index in [1.807, 2.05) is 12.3 Å². The number of aromatic amines is 1. The Labute approximate surface area is 79.3 Å². The molecule has 3 heteroatoms. The minimum atomic E-state index is 0.517. The summed E-state index contributed by atoms with van der Waals surface area (Å²) in [7, 11) is 0. The van der Waals surface area contributed by atoms with Gasteiger partial charge in [0, 0.05) is 18.4 Å². The topological polar surface area (TPSA) is 40.7 Å². The normalized spacial score (nSPS) is 12.7. The number of hydrogen-bond acceptors (Lipinski definition) is 2. The maximum atomic E-state index is 4.13. The number of rotatable bonds is 6. The molecule has 0 aromatic carbocycles. The highest BCUT2D eigenvalue weighted by atomic mass is 15.0. The third kappa shape index (κ3) is 3.90. The fourth-order valence-corrected chi connectivity index (χ4v) is 1.14. The predicted molar refractivity (Wildman–Crippen MR) is 54.3 cm³/mol. The predicted octanol–water partition coefficient (Wildman–Crippen LogP) is 1.85. The van der Waals surface area contributed by atoms with E-state index >= 15 is 0 Å². The van der Waals surface area contributed by atoms with Crippen molar-refractivity contribution in [1.29, 1.82) is 0 Å². The highest BCUT2D eigenvalue weighted by Crippen LogP contribution is 1.97. The molecule has 0 bridgehead atoms. The van der Waals surface area contributed by atoms with E-state index in [0.717, 1.165) is 25.2 Å². The van der Waals surface area contributed by atoms with Gasteiger partial charge in [0.15, 0.2) is 0 Å². The molecule has 13 heavy (non-hydrogen) atoms. The van der Waals surface area contributed by atoms with Crippen LogP contribution in [0.5, 0.6) is 0 Å². The molecule has 0 spiro atoms. The summed E-state index contributed by atoms with van der Waals surface area (Å²) >= 11 is 0. The average Bonchev–Trinajstić information content (AvgIpc) is 2.64. The van der Waals surface area contributed by atoms with E-state index in [4.69, 9.17) is 0 Å². The van der Waals surface area contributed by atoms with E-state index in [1.165, 1.54) is 0 Å². The van der Waals surface area contributed by atoms with Crippen LogP contribution in [-0.2, 0) is 6.54 Å². The van der Waals surface area contributed by atoms with Crippen LogP contribution in [0.25, 0.3) is 0 Å². The zero-order valence-electron chi connectivity index (χ0n) is 8.09. The molecule has 1 aromatic heterocycles. The minimum absolute atomic E-state index is 0.517. The van der Waals surface area contributed by atoms with Crippen LogP contribution in [0.4, 0.5) is 0 Å². The van der Waals surface area contributed by atoms with Crippen LogP contribution in [0.1, 0.15) is 25.6 Å². The SMILES string of the molecule is C=CCCC(C)NCc1ncc[nH]1. The van der Waals surface area contributed by atoms with Crippen LogP contribution < -0.4 is 5.32 Å². The molecular formula is C10H17N3. The molecule has 1 unspecified atom stereocenters. The van der Waals surface area contributed by atoms with Gasteiger partial charge in [-0.05, 0) is 19.8 Å². The Bertz CT molecular complexity index is 228. The highest BCUT2D eigenvalue weighted by Gasteiger charge is 2.00. The standard InChI is InChI=1S/C10H17N3/c1-3-4-5-9(2)13-8-10-11-6-7-12-10/h3,6-7,9,13H,1,4-5,8H2,2H3,(H,11,12). The molecular weight excluding hydrogens is 162 g/mol. The molecule has 0 aliphatic rings. The Morgan fingerprint density at radius 3 is 3.23 bits per heavy atom. The number of imidazole rings is 1. The smallest absolute Gasteiger partial charge is 0.120 e. The maximum absolute atomic E-state index is 4.13. The quantitative estimate of drug-likeness (QED) is 0.654. The summed E-state index contributed by atoms with van der Waals surface area (Å²) < 4.78 is 0. The second-order valence-electron chi connectivity index (χ2n) is 3.18. The van der Waals surface area contributed by atoms with E-state index < -0.39 is 0 Å². The number of aromatic nitrogens is 2.